The fourth-order valence-corrected chi connectivity index (χ4v) is 4.76. The highest BCUT2D eigenvalue weighted by Gasteiger charge is 2.30. The second kappa shape index (κ2) is 7.08. The van der Waals surface area contributed by atoms with Crippen LogP contribution < -0.4 is 0 Å². The van der Waals surface area contributed by atoms with E-state index in [0.29, 0.717) is 10.0 Å². The van der Waals surface area contributed by atoms with E-state index in [9.17, 15) is 0 Å². The number of thioether (sulfide) groups is 1. The highest BCUT2D eigenvalue weighted by atomic mass is 35.5. The van der Waals surface area contributed by atoms with Gasteiger partial charge in [-0.1, -0.05) is 53.2 Å². The molecule has 0 atom stereocenters. The first-order valence-corrected chi connectivity index (χ1v) is 9.62. The van der Waals surface area contributed by atoms with Gasteiger partial charge in [0, 0.05) is 18.8 Å². The van der Waals surface area contributed by atoms with Crippen molar-refractivity contribution >= 4 is 51.5 Å². The summed E-state index contributed by atoms with van der Waals surface area (Å²) in [5.74, 6) is 2.57. The molecule has 1 aromatic rings. The molecule has 5 heteroatoms. The van der Waals surface area contributed by atoms with Gasteiger partial charge in [0.05, 0.1) is 10.0 Å². The minimum absolute atomic E-state index is 0.608. The maximum atomic E-state index is 6.06. The predicted molar refractivity (Wildman–Crippen MR) is 97.4 cm³/mol. The third kappa shape index (κ3) is 4.07. The van der Waals surface area contributed by atoms with E-state index in [1.807, 2.05) is 18.2 Å². The number of hydrogen-bond acceptors (Lipinski definition) is 2. The molecule has 0 unspecified atom stereocenters. The molecule has 4 rings (SSSR count). The molecule has 3 fully saturated rings. The van der Waals surface area contributed by atoms with Crippen LogP contribution in [0.15, 0.2) is 18.2 Å². The molecule has 1 saturated carbocycles. The first-order valence-electron chi connectivity index (χ1n) is 7.47. The number of nitrogens with zero attached hydrogens (tertiary/aromatic N) is 1. The van der Waals surface area contributed by atoms with E-state index in [-0.39, 0.29) is 0 Å². The van der Waals surface area contributed by atoms with Crippen molar-refractivity contribution in [2.24, 2.45) is 11.8 Å². The molecule has 0 spiro atoms. The SMILES string of the molecule is S=C(SCc1ccc(Cl)c(Cl)c1)N1CC2CCC(CC2)C1. The van der Waals surface area contributed by atoms with Crippen molar-refractivity contribution < 1.29 is 0 Å². The summed E-state index contributed by atoms with van der Waals surface area (Å²) in [4.78, 5) is 2.44. The Morgan fingerprint density at radius 1 is 1.10 bits per heavy atom. The van der Waals surface area contributed by atoms with E-state index >= 15 is 0 Å². The molecular weight excluding hydrogens is 341 g/mol. The molecular formula is C16H19Cl2NS2. The Bertz CT molecular complexity index is 513. The molecule has 2 saturated heterocycles. The molecule has 21 heavy (non-hydrogen) atoms. The first kappa shape index (κ1) is 15.9. The normalized spacial score (nSPS) is 25.0. The summed E-state index contributed by atoms with van der Waals surface area (Å²) in [6.07, 6.45) is 5.56. The molecule has 3 aliphatic rings. The van der Waals surface area contributed by atoms with Crippen molar-refractivity contribution in [1.82, 2.24) is 4.90 Å². The van der Waals surface area contributed by atoms with Gasteiger partial charge in [0.1, 0.15) is 4.32 Å². The number of fused-ring (bicyclic) bond motifs is 4. The third-order valence-electron chi connectivity index (χ3n) is 4.53. The summed E-state index contributed by atoms with van der Waals surface area (Å²) in [5, 5.41) is 1.23. The van der Waals surface area contributed by atoms with Crippen molar-refractivity contribution in [1.29, 1.82) is 0 Å². The minimum atomic E-state index is 0.608. The van der Waals surface area contributed by atoms with Crippen LogP contribution in [0.3, 0.4) is 0 Å². The smallest absolute Gasteiger partial charge is 0.136 e. The maximum absolute atomic E-state index is 6.06. The standard InChI is InChI=1S/C16H19Cl2NS2/c17-14-6-5-13(7-15(14)18)10-21-16(20)19-8-11-1-2-12(9-19)4-3-11/h5-7,11-12H,1-4,8-10H2. The van der Waals surface area contributed by atoms with Gasteiger partial charge in [0.15, 0.2) is 0 Å². The van der Waals surface area contributed by atoms with Gasteiger partial charge in [-0.25, -0.2) is 0 Å². The monoisotopic (exact) mass is 359 g/mol. The lowest BCUT2D eigenvalue weighted by Crippen LogP contribution is -2.31. The van der Waals surface area contributed by atoms with Crippen LogP contribution in [-0.2, 0) is 5.75 Å². The van der Waals surface area contributed by atoms with E-state index in [0.717, 1.165) is 35.0 Å². The zero-order chi connectivity index (χ0) is 14.8. The Balaban J connectivity index is 1.57. The Morgan fingerprint density at radius 3 is 2.29 bits per heavy atom. The lowest BCUT2D eigenvalue weighted by molar-refractivity contribution is 0.326. The van der Waals surface area contributed by atoms with E-state index < -0.39 is 0 Å². The summed E-state index contributed by atoms with van der Waals surface area (Å²) in [6.45, 7) is 2.31. The molecule has 1 aromatic carbocycles. The van der Waals surface area contributed by atoms with Crippen LogP contribution in [0.1, 0.15) is 31.2 Å². The van der Waals surface area contributed by atoms with Gasteiger partial charge in [-0.15, -0.1) is 0 Å². The van der Waals surface area contributed by atoms with Crippen molar-refractivity contribution in [3.8, 4) is 0 Å². The molecule has 0 aromatic heterocycles. The quantitative estimate of drug-likeness (QED) is 0.629. The van der Waals surface area contributed by atoms with Crippen LogP contribution in [0.25, 0.3) is 0 Å². The Kier molecular flexibility index (Phi) is 5.36. The maximum Gasteiger partial charge on any atom is 0.136 e. The molecule has 2 aliphatic heterocycles. The summed E-state index contributed by atoms with van der Waals surface area (Å²) in [7, 11) is 0. The van der Waals surface area contributed by atoms with Crippen LogP contribution in [0.5, 0.6) is 0 Å². The number of halogens is 2. The van der Waals surface area contributed by atoms with Gasteiger partial charge < -0.3 is 4.90 Å². The van der Waals surface area contributed by atoms with E-state index in [1.54, 1.807) is 11.8 Å². The molecule has 0 amide bonds. The Labute approximate surface area is 146 Å². The zero-order valence-electron chi connectivity index (χ0n) is 11.9. The second-order valence-corrected chi connectivity index (χ2v) is 8.52. The lowest BCUT2D eigenvalue weighted by Gasteiger charge is -2.24. The van der Waals surface area contributed by atoms with Crippen LogP contribution in [-0.4, -0.2) is 22.3 Å². The van der Waals surface area contributed by atoms with Gasteiger partial charge in [-0.05, 0) is 55.2 Å². The van der Waals surface area contributed by atoms with Crippen LogP contribution in [0.4, 0.5) is 0 Å². The number of benzene rings is 1. The second-order valence-electron chi connectivity index (χ2n) is 6.09. The minimum Gasteiger partial charge on any atom is -0.357 e. The summed E-state index contributed by atoms with van der Waals surface area (Å²) in [5.41, 5.74) is 1.18. The highest BCUT2D eigenvalue weighted by molar-refractivity contribution is 8.22. The fourth-order valence-electron chi connectivity index (χ4n) is 3.31. The van der Waals surface area contributed by atoms with Crippen LogP contribution in [0.2, 0.25) is 10.0 Å². The van der Waals surface area contributed by atoms with Crippen molar-refractivity contribution in [3.05, 3.63) is 33.8 Å². The van der Waals surface area contributed by atoms with Gasteiger partial charge in [0.2, 0.25) is 0 Å². The average Bonchev–Trinajstić information content (AvgIpc) is 2.82. The van der Waals surface area contributed by atoms with Crippen LogP contribution >= 0.6 is 47.2 Å². The van der Waals surface area contributed by atoms with Gasteiger partial charge in [-0.3, -0.25) is 0 Å². The largest absolute Gasteiger partial charge is 0.357 e. The van der Waals surface area contributed by atoms with E-state index in [4.69, 9.17) is 35.4 Å². The van der Waals surface area contributed by atoms with Crippen molar-refractivity contribution in [2.75, 3.05) is 13.1 Å². The van der Waals surface area contributed by atoms with Gasteiger partial charge in [-0.2, -0.15) is 0 Å². The topological polar surface area (TPSA) is 3.24 Å². The number of hydrogen-bond donors (Lipinski definition) is 0. The molecule has 2 heterocycles. The average molecular weight is 360 g/mol. The van der Waals surface area contributed by atoms with E-state index in [2.05, 4.69) is 4.90 Å². The van der Waals surface area contributed by atoms with Crippen molar-refractivity contribution in [3.63, 3.8) is 0 Å². The van der Waals surface area contributed by atoms with Gasteiger partial charge in [0.25, 0.3) is 0 Å². The lowest BCUT2D eigenvalue weighted by atomic mass is 9.84. The predicted octanol–water partition coefficient (Wildman–Crippen LogP) is 5.63. The third-order valence-corrected chi connectivity index (χ3v) is 6.86. The Morgan fingerprint density at radius 2 is 1.71 bits per heavy atom. The summed E-state index contributed by atoms with van der Waals surface area (Å²) < 4.78 is 1.04. The molecule has 114 valence electrons. The van der Waals surface area contributed by atoms with Crippen molar-refractivity contribution in [2.45, 2.75) is 31.4 Å². The molecule has 2 bridgehead atoms. The molecule has 1 aliphatic carbocycles. The zero-order valence-corrected chi connectivity index (χ0v) is 15.0. The van der Waals surface area contributed by atoms with Crippen LogP contribution in [0, 0.1) is 11.8 Å². The molecule has 0 radical (unpaired) electrons. The summed E-state index contributed by atoms with van der Waals surface area (Å²) in [6, 6.07) is 5.82. The van der Waals surface area contributed by atoms with Gasteiger partial charge >= 0.3 is 0 Å². The fraction of sp³-hybridized carbons (Fsp3) is 0.562. The van der Waals surface area contributed by atoms with E-state index in [1.165, 1.54) is 31.2 Å². The highest BCUT2D eigenvalue weighted by Crippen LogP contribution is 2.35. The number of rotatable bonds is 2. The first-order chi connectivity index (χ1) is 10.1. The summed E-state index contributed by atoms with van der Waals surface area (Å²) >= 11 is 19.4. The molecule has 0 N–H and O–H groups in total. The Hall–Kier alpha value is 0.0400. The molecule has 1 nitrogen and oxygen atoms in total. The number of thiocarbonyl (C=S) groups is 1.